The molecule has 3 aromatic heterocycles. The lowest BCUT2D eigenvalue weighted by molar-refractivity contribution is 0.669. The molecule has 3 heterocycles. The molecular formula is C60H40N2OSi. The highest BCUT2D eigenvalue weighted by molar-refractivity contribution is 7.19. The number of hydrogen-bond donors (Lipinski definition) is 0. The number of hydrogen-bond acceptors (Lipinski definition) is 1. The number of nitrogens with zero attached hydrogens (tertiary/aromatic N) is 2. The van der Waals surface area contributed by atoms with Crippen molar-refractivity contribution in [2.24, 2.45) is 0 Å². The predicted octanol–water partition coefficient (Wildman–Crippen LogP) is 12.8. The highest BCUT2D eigenvalue weighted by atomic mass is 28.3. The van der Waals surface area contributed by atoms with Crippen molar-refractivity contribution in [3.8, 4) is 22.5 Å². The van der Waals surface area contributed by atoms with Gasteiger partial charge in [0.25, 0.3) is 0 Å². The Morgan fingerprint density at radius 1 is 0.297 bits per heavy atom. The molecule has 0 bridgehead atoms. The van der Waals surface area contributed by atoms with Gasteiger partial charge in [0.2, 0.25) is 0 Å². The quantitative estimate of drug-likeness (QED) is 0.116. The molecule has 3 nitrogen and oxygen atoms in total. The molecule has 0 radical (unpaired) electrons. The van der Waals surface area contributed by atoms with E-state index in [0.29, 0.717) is 0 Å². The van der Waals surface area contributed by atoms with Crippen molar-refractivity contribution in [3.63, 3.8) is 0 Å². The smallest absolute Gasteiger partial charge is 0.179 e. The van der Waals surface area contributed by atoms with Crippen LogP contribution < -0.4 is 20.7 Å². The van der Waals surface area contributed by atoms with Gasteiger partial charge in [-0.25, -0.2) is 0 Å². The van der Waals surface area contributed by atoms with Crippen LogP contribution in [-0.2, 0) is 0 Å². The summed E-state index contributed by atoms with van der Waals surface area (Å²) in [6.45, 7) is 0. The van der Waals surface area contributed by atoms with Gasteiger partial charge in [0.15, 0.2) is 8.07 Å². The molecule has 13 rings (SSSR count). The molecule has 0 atom stereocenters. The Kier molecular flexibility index (Phi) is 8.23. The summed E-state index contributed by atoms with van der Waals surface area (Å²) in [7, 11) is -2.78. The number of benzene rings is 10. The third-order valence-corrected chi connectivity index (χ3v) is 18.2. The fraction of sp³-hybridized carbons (Fsp3) is 0. The highest BCUT2D eigenvalue weighted by Gasteiger charge is 2.41. The van der Waals surface area contributed by atoms with Gasteiger partial charge in [0, 0.05) is 43.7 Å². The molecule has 0 aliphatic heterocycles. The SMILES string of the molecule is c1ccc([Si](c2ccccc2)(c2ccccc2)c2cccc(-n3c4ccccc4c4ccc(-n5c6ccccc6c6c(-c7ccc8c(c7)oc7ccccc78)cccc65)cc43)c2)cc1. The minimum Gasteiger partial charge on any atom is -0.456 e. The molecule has 300 valence electrons. The van der Waals surface area contributed by atoms with Gasteiger partial charge in [-0.3, -0.25) is 0 Å². The van der Waals surface area contributed by atoms with Gasteiger partial charge in [-0.05, 0) is 92.5 Å². The summed E-state index contributed by atoms with van der Waals surface area (Å²) in [4.78, 5) is 0. The van der Waals surface area contributed by atoms with Crippen molar-refractivity contribution in [2.45, 2.75) is 0 Å². The van der Waals surface area contributed by atoms with Crippen molar-refractivity contribution in [2.75, 3.05) is 0 Å². The van der Waals surface area contributed by atoms with Gasteiger partial charge in [0.05, 0.1) is 22.1 Å². The van der Waals surface area contributed by atoms with Crippen LogP contribution >= 0.6 is 0 Å². The van der Waals surface area contributed by atoms with Crippen LogP contribution in [0, 0.1) is 0 Å². The van der Waals surface area contributed by atoms with E-state index in [2.05, 4.69) is 240 Å². The first-order valence-electron chi connectivity index (χ1n) is 22.0. The van der Waals surface area contributed by atoms with Gasteiger partial charge in [-0.2, -0.15) is 0 Å². The average molecular weight is 833 g/mol. The highest BCUT2D eigenvalue weighted by Crippen LogP contribution is 2.41. The summed E-state index contributed by atoms with van der Waals surface area (Å²) in [5.41, 5.74) is 11.1. The molecule has 10 aromatic carbocycles. The van der Waals surface area contributed by atoms with Crippen LogP contribution in [0.3, 0.4) is 0 Å². The third-order valence-electron chi connectivity index (χ3n) is 13.5. The molecule has 13 aromatic rings. The Labute approximate surface area is 371 Å². The summed E-state index contributed by atoms with van der Waals surface area (Å²) in [6.07, 6.45) is 0. The van der Waals surface area contributed by atoms with Crippen molar-refractivity contribution in [1.82, 2.24) is 9.13 Å². The third kappa shape index (κ3) is 5.39. The van der Waals surface area contributed by atoms with Crippen LogP contribution in [0.15, 0.2) is 247 Å². The van der Waals surface area contributed by atoms with Gasteiger partial charge in [-0.15, -0.1) is 0 Å². The van der Waals surface area contributed by atoms with E-state index in [0.717, 1.165) is 44.4 Å². The topological polar surface area (TPSA) is 23.0 Å². The van der Waals surface area contributed by atoms with Crippen molar-refractivity contribution < 1.29 is 4.42 Å². The van der Waals surface area contributed by atoms with E-state index < -0.39 is 8.07 Å². The standard InChI is InChI=1S/C60H40N2OSi/c1-4-19-44(20-5-1)64(45-21-6-2-7-22-45,46-23-8-3-9-24-46)47-25-16-18-42(39-47)62-54-30-13-10-26-49(54)50-37-35-43(40-57(50)62)61-55-31-14-11-28-53(55)60-48(29-17-32-56(60)61)41-34-36-52-51-27-12-15-33-58(51)63-59(52)38-41/h1-40H. The van der Waals surface area contributed by atoms with Gasteiger partial charge < -0.3 is 13.6 Å². The molecule has 4 heteroatoms. The largest absolute Gasteiger partial charge is 0.456 e. The van der Waals surface area contributed by atoms with Gasteiger partial charge in [-0.1, -0.05) is 182 Å². The summed E-state index contributed by atoms with van der Waals surface area (Å²) in [5.74, 6) is 0. The van der Waals surface area contributed by atoms with Crippen molar-refractivity contribution in [3.05, 3.63) is 243 Å². The summed E-state index contributed by atoms with van der Waals surface area (Å²) in [5, 5.41) is 12.6. The number of aromatic nitrogens is 2. The maximum absolute atomic E-state index is 6.39. The molecule has 0 fully saturated rings. The zero-order valence-electron chi connectivity index (χ0n) is 34.9. The maximum atomic E-state index is 6.39. The van der Waals surface area contributed by atoms with E-state index in [1.807, 2.05) is 12.1 Å². The number of fused-ring (bicyclic) bond motifs is 9. The zero-order chi connectivity index (χ0) is 42.2. The van der Waals surface area contributed by atoms with Crippen LogP contribution in [0.1, 0.15) is 0 Å². The first-order chi connectivity index (χ1) is 31.8. The summed E-state index contributed by atoms with van der Waals surface area (Å²) < 4.78 is 11.3. The predicted molar refractivity (Wildman–Crippen MR) is 271 cm³/mol. The van der Waals surface area contributed by atoms with E-state index in [4.69, 9.17) is 4.42 Å². The lowest BCUT2D eigenvalue weighted by Gasteiger charge is -2.34. The monoisotopic (exact) mass is 832 g/mol. The molecule has 0 aliphatic rings. The molecular weight excluding hydrogens is 793 g/mol. The van der Waals surface area contributed by atoms with Crippen LogP contribution in [0.25, 0.3) is 88.1 Å². The number of rotatable bonds is 7. The fourth-order valence-electron chi connectivity index (χ4n) is 10.8. The zero-order valence-corrected chi connectivity index (χ0v) is 35.9. The fourth-order valence-corrected chi connectivity index (χ4v) is 15.5. The molecule has 0 amide bonds. The van der Waals surface area contributed by atoms with E-state index in [1.54, 1.807) is 0 Å². The molecule has 0 unspecified atom stereocenters. The number of para-hydroxylation sites is 3. The summed E-state index contributed by atoms with van der Waals surface area (Å²) in [6, 6.07) is 89.3. The molecule has 0 aliphatic carbocycles. The molecule has 0 saturated carbocycles. The van der Waals surface area contributed by atoms with Gasteiger partial charge in [0.1, 0.15) is 11.2 Å². The van der Waals surface area contributed by atoms with Gasteiger partial charge >= 0.3 is 0 Å². The summed E-state index contributed by atoms with van der Waals surface area (Å²) >= 11 is 0. The minimum atomic E-state index is -2.78. The van der Waals surface area contributed by atoms with Crippen molar-refractivity contribution in [1.29, 1.82) is 0 Å². The second-order valence-electron chi connectivity index (χ2n) is 16.8. The van der Waals surface area contributed by atoms with E-state index >= 15 is 0 Å². The normalized spacial score (nSPS) is 12.1. The molecule has 0 saturated heterocycles. The Balaban J connectivity index is 1.04. The minimum absolute atomic E-state index is 0.901. The second kappa shape index (κ2) is 14.5. The Morgan fingerprint density at radius 2 is 0.797 bits per heavy atom. The Morgan fingerprint density at radius 3 is 1.52 bits per heavy atom. The van der Waals surface area contributed by atoms with Crippen LogP contribution in [0.5, 0.6) is 0 Å². The lowest BCUT2D eigenvalue weighted by atomic mass is 9.98. The van der Waals surface area contributed by atoms with E-state index in [9.17, 15) is 0 Å². The van der Waals surface area contributed by atoms with Crippen LogP contribution in [-0.4, -0.2) is 17.2 Å². The second-order valence-corrected chi connectivity index (χ2v) is 20.6. The lowest BCUT2D eigenvalue weighted by Crippen LogP contribution is -2.74. The Bertz CT molecular complexity index is 3800. The first-order valence-corrected chi connectivity index (χ1v) is 24.0. The van der Waals surface area contributed by atoms with Crippen molar-refractivity contribution >= 4 is 94.4 Å². The molecule has 0 N–H and O–H groups in total. The number of furan rings is 1. The van der Waals surface area contributed by atoms with E-state index in [1.165, 1.54) is 64.4 Å². The van der Waals surface area contributed by atoms with E-state index in [-0.39, 0.29) is 0 Å². The maximum Gasteiger partial charge on any atom is 0.179 e. The first kappa shape index (κ1) is 36.5. The van der Waals surface area contributed by atoms with Crippen LogP contribution in [0.4, 0.5) is 0 Å². The molecule has 64 heavy (non-hydrogen) atoms. The Hall–Kier alpha value is -8.18. The average Bonchev–Trinajstić information content (AvgIpc) is 4.02. The molecule has 0 spiro atoms. The van der Waals surface area contributed by atoms with Crippen LogP contribution in [0.2, 0.25) is 0 Å².